The molecule has 1 fully saturated rings. The molecule has 4 heteroatoms. The van der Waals surface area contributed by atoms with Gasteiger partial charge in [0.2, 0.25) is 0 Å². The Balaban J connectivity index is 2.30. The van der Waals surface area contributed by atoms with Crippen molar-refractivity contribution in [2.24, 2.45) is 0 Å². The average Bonchev–Trinajstić information content (AvgIpc) is 2.54. The zero-order valence-corrected chi connectivity index (χ0v) is 11.1. The molecule has 1 aliphatic heterocycles. The molecule has 0 bridgehead atoms. The van der Waals surface area contributed by atoms with Crippen LogP contribution in [-0.4, -0.2) is 44.6 Å². The van der Waals surface area contributed by atoms with Gasteiger partial charge in [-0.15, -0.1) is 0 Å². The van der Waals surface area contributed by atoms with E-state index in [1.165, 1.54) is 5.56 Å². The minimum atomic E-state index is 0.112. The van der Waals surface area contributed by atoms with E-state index in [4.69, 9.17) is 0 Å². The van der Waals surface area contributed by atoms with Crippen LogP contribution in [0.2, 0.25) is 0 Å². The summed E-state index contributed by atoms with van der Waals surface area (Å²) < 4.78 is 0.870. The van der Waals surface area contributed by atoms with Crippen molar-refractivity contribution in [2.45, 2.75) is 13.3 Å². The maximum absolute atomic E-state index is 11.8. The van der Waals surface area contributed by atoms with Gasteiger partial charge in [-0.25, -0.2) is 0 Å². The molecule has 0 spiro atoms. The molecule has 1 aromatic rings. The quantitative estimate of drug-likeness (QED) is 0.748. The Bertz CT molecular complexity index is 427. The summed E-state index contributed by atoms with van der Waals surface area (Å²) in [5.41, 5.74) is 2.21. The fraction of sp³-hybridized carbons (Fsp3) is 0.333. The van der Waals surface area contributed by atoms with E-state index in [1.807, 2.05) is 24.1 Å². The van der Waals surface area contributed by atoms with Crippen molar-refractivity contribution < 1.29 is 4.79 Å². The number of carbonyl (C=O) groups excluding carboxylic acids is 1. The van der Waals surface area contributed by atoms with Crippen LogP contribution in [0.1, 0.15) is 12.5 Å². The van der Waals surface area contributed by atoms with E-state index in [1.54, 1.807) is 4.90 Å². The number of likely N-dealkylation sites (N-methyl/N-ethyl adjacent to an activating group) is 1. The molecule has 3 nitrogen and oxygen atoms in total. The Hall–Kier alpha value is -1.12. The van der Waals surface area contributed by atoms with Crippen molar-refractivity contribution in [3.8, 4) is 0 Å². The molecular weight excluding hydrogens is 267 g/mol. The number of hydrogen-bond donors (Lipinski definition) is 0. The van der Waals surface area contributed by atoms with Crippen LogP contribution in [-0.2, 0) is 11.2 Å². The SMILES string of the molecule is CCc1ccc(N2C(=O)CN(C)C2=[Se])cc1. The number of carbonyl (C=O) groups is 1. The molecule has 2 rings (SSSR count). The first-order valence-corrected chi connectivity index (χ1v) is 6.16. The second-order valence-corrected chi connectivity index (χ2v) is 4.65. The Morgan fingerprint density at radius 2 is 1.94 bits per heavy atom. The second-order valence-electron chi connectivity index (χ2n) is 3.89. The van der Waals surface area contributed by atoms with Gasteiger partial charge in [-0.1, -0.05) is 0 Å². The number of hydrogen-bond acceptors (Lipinski definition) is 2. The van der Waals surface area contributed by atoms with Gasteiger partial charge in [-0.2, -0.15) is 0 Å². The van der Waals surface area contributed by atoms with Crippen molar-refractivity contribution >= 4 is 31.8 Å². The van der Waals surface area contributed by atoms with Crippen molar-refractivity contribution in [1.29, 1.82) is 0 Å². The van der Waals surface area contributed by atoms with E-state index in [0.717, 1.165) is 16.8 Å². The van der Waals surface area contributed by atoms with Crippen LogP contribution >= 0.6 is 0 Å². The molecule has 84 valence electrons. The van der Waals surface area contributed by atoms with Gasteiger partial charge < -0.3 is 0 Å². The molecule has 1 aromatic carbocycles. The molecule has 0 atom stereocenters. The molecule has 1 saturated heterocycles. The number of rotatable bonds is 2. The van der Waals surface area contributed by atoms with Gasteiger partial charge in [0.25, 0.3) is 0 Å². The van der Waals surface area contributed by atoms with Crippen LogP contribution < -0.4 is 4.90 Å². The first kappa shape index (κ1) is 11.4. The molecule has 0 unspecified atom stereocenters. The maximum atomic E-state index is 11.8. The normalized spacial score (nSPS) is 16.1. The molecule has 0 aromatic heterocycles. The van der Waals surface area contributed by atoms with Gasteiger partial charge in [-0.3, -0.25) is 0 Å². The minimum absolute atomic E-state index is 0.112. The molecule has 1 heterocycles. The molecule has 1 amide bonds. The zero-order chi connectivity index (χ0) is 11.7. The fourth-order valence-corrected chi connectivity index (χ4v) is 2.32. The summed E-state index contributed by atoms with van der Waals surface area (Å²) in [5, 5.41) is 0. The van der Waals surface area contributed by atoms with Gasteiger partial charge >= 0.3 is 103 Å². The van der Waals surface area contributed by atoms with Gasteiger partial charge in [0.05, 0.1) is 0 Å². The summed E-state index contributed by atoms with van der Waals surface area (Å²) >= 11 is 2.94. The van der Waals surface area contributed by atoms with Crippen molar-refractivity contribution in [3.05, 3.63) is 29.8 Å². The third-order valence-electron chi connectivity index (χ3n) is 2.74. The summed E-state index contributed by atoms with van der Waals surface area (Å²) in [7, 11) is 1.91. The van der Waals surface area contributed by atoms with Crippen molar-refractivity contribution in [1.82, 2.24) is 4.90 Å². The summed E-state index contributed by atoms with van der Waals surface area (Å²) in [6, 6.07) is 8.11. The summed E-state index contributed by atoms with van der Waals surface area (Å²) in [4.78, 5) is 15.4. The van der Waals surface area contributed by atoms with Crippen LogP contribution in [0.15, 0.2) is 24.3 Å². The first-order chi connectivity index (χ1) is 7.63. The van der Waals surface area contributed by atoms with Gasteiger partial charge in [0.15, 0.2) is 0 Å². The third-order valence-corrected chi connectivity index (χ3v) is 3.78. The molecule has 16 heavy (non-hydrogen) atoms. The van der Waals surface area contributed by atoms with Crippen LogP contribution in [0.5, 0.6) is 0 Å². The van der Waals surface area contributed by atoms with Gasteiger partial charge in [-0.05, 0) is 0 Å². The van der Waals surface area contributed by atoms with E-state index in [9.17, 15) is 4.79 Å². The molecule has 0 N–H and O–H groups in total. The van der Waals surface area contributed by atoms with E-state index in [2.05, 4.69) is 34.6 Å². The first-order valence-electron chi connectivity index (χ1n) is 5.30. The summed E-state index contributed by atoms with van der Waals surface area (Å²) in [6.07, 6.45) is 1.02. The predicted octanol–water partition coefficient (Wildman–Crippen LogP) is 0.783. The standard InChI is InChI=1S/C12H14N2OSe/c1-3-9-4-6-10(7-5-9)14-11(15)8-13(2)12(14)16/h4-7H,3,8H2,1-2H3. The molecular formula is C12H14N2OSe. The monoisotopic (exact) mass is 282 g/mol. The predicted molar refractivity (Wildman–Crippen MR) is 66.7 cm³/mol. The summed E-state index contributed by atoms with van der Waals surface area (Å²) in [6.45, 7) is 2.56. The topological polar surface area (TPSA) is 23.6 Å². The van der Waals surface area contributed by atoms with E-state index in [0.29, 0.717) is 6.54 Å². The number of anilines is 1. The molecule has 0 saturated carbocycles. The fourth-order valence-electron chi connectivity index (χ4n) is 1.75. The molecule has 0 radical (unpaired) electrons. The van der Waals surface area contributed by atoms with Crippen molar-refractivity contribution in [2.75, 3.05) is 18.5 Å². The number of aryl methyl sites for hydroxylation is 1. The molecule has 1 aliphatic rings. The van der Waals surface area contributed by atoms with E-state index >= 15 is 0 Å². The van der Waals surface area contributed by atoms with Crippen LogP contribution in [0, 0.1) is 0 Å². The Morgan fingerprint density at radius 3 is 2.38 bits per heavy atom. The third kappa shape index (κ3) is 1.91. The van der Waals surface area contributed by atoms with E-state index < -0.39 is 0 Å². The molecule has 0 aliphatic carbocycles. The number of benzene rings is 1. The van der Waals surface area contributed by atoms with Gasteiger partial charge in [0.1, 0.15) is 0 Å². The Kier molecular flexibility index (Phi) is 3.12. The van der Waals surface area contributed by atoms with Gasteiger partial charge in [0, 0.05) is 0 Å². The summed E-state index contributed by atoms with van der Waals surface area (Å²) in [5.74, 6) is 0.112. The second kappa shape index (κ2) is 4.40. The Morgan fingerprint density at radius 1 is 1.31 bits per heavy atom. The van der Waals surface area contributed by atoms with E-state index in [-0.39, 0.29) is 5.91 Å². The average molecular weight is 281 g/mol. The Labute approximate surface area is 103 Å². The zero-order valence-electron chi connectivity index (χ0n) is 9.43. The van der Waals surface area contributed by atoms with Crippen LogP contribution in [0.3, 0.4) is 0 Å². The van der Waals surface area contributed by atoms with Crippen LogP contribution in [0.25, 0.3) is 0 Å². The van der Waals surface area contributed by atoms with Crippen LogP contribution in [0.4, 0.5) is 5.69 Å². The number of nitrogens with zero attached hydrogens (tertiary/aromatic N) is 2. The number of amides is 1. The van der Waals surface area contributed by atoms with Crippen molar-refractivity contribution in [3.63, 3.8) is 0 Å².